The lowest BCUT2D eigenvalue weighted by Gasteiger charge is -2.18. The molecule has 0 unspecified atom stereocenters. The van der Waals surface area contributed by atoms with Gasteiger partial charge in [-0.1, -0.05) is 42.5 Å². The maximum Gasteiger partial charge on any atom is 0.127 e. The van der Waals surface area contributed by atoms with E-state index in [1.807, 2.05) is 66.7 Å². The normalized spacial score (nSPS) is 11.3. The lowest BCUT2D eigenvalue weighted by atomic mass is 10.4. The van der Waals surface area contributed by atoms with Crippen LogP contribution in [0, 0.1) is 0 Å². The molecule has 0 aliphatic rings. The Hall–Kier alpha value is -2.25. The third kappa shape index (κ3) is 3.49. The van der Waals surface area contributed by atoms with Gasteiger partial charge in [0.05, 0.1) is 0 Å². The second kappa shape index (κ2) is 6.67. The second-order valence-electron chi connectivity index (χ2n) is 5.18. The van der Waals surface area contributed by atoms with Crippen LogP contribution in [-0.2, 0) is 16.9 Å². The van der Waals surface area contributed by atoms with Crippen molar-refractivity contribution in [2.75, 3.05) is 0 Å². The summed E-state index contributed by atoms with van der Waals surface area (Å²) in [6.45, 7) is 0. The van der Waals surface area contributed by atoms with Crippen molar-refractivity contribution in [3.8, 4) is 0 Å². The van der Waals surface area contributed by atoms with E-state index in [4.69, 9.17) is 0 Å². The van der Waals surface area contributed by atoms with Crippen LogP contribution < -0.4 is 5.30 Å². The minimum atomic E-state index is -2.64. The number of hydrogen-bond donors (Lipinski definition) is 0. The molecule has 0 N–H and O–H groups in total. The number of pyridine rings is 2. The molecular formula is C18H17N2OP. The molecule has 4 heteroatoms. The Morgan fingerprint density at radius 1 is 0.682 bits per heavy atom. The zero-order valence-electron chi connectivity index (χ0n) is 12.2. The highest BCUT2D eigenvalue weighted by atomic mass is 31.2. The highest BCUT2D eigenvalue weighted by Crippen LogP contribution is 2.50. The van der Waals surface area contributed by atoms with Crippen LogP contribution in [0.25, 0.3) is 0 Å². The number of benzene rings is 1. The fraction of sp³-hybridized carbons (Fsp3) is 0.111. The zero-order chi connectivity index (χ0) is 15.3. The zero-order valence-corrected chi connectivity index (χ0v) is 13.1. The lowest BCUT2D eigenvalue weighted by molar-refractivity contribution is 0.579. The number of hydrogen-bond acceptors (Lipinski definition) is 3. The van der Waals surface area contributed by atoms with Crippen molar-refractivity contribution in [3.63, 3.8) is 0 Å². The Morgan fingerprint density at radius 3 is 1.64 bits per heavy atom. The van der Waals surface area contributed by atoms with Crippen molar-refractivity contribution < 1.29 is 4.57 Å². The van der Waals surface area contributed by atoms with Gasteiger partial charge in [-0.15, -0.1) is 0 Å². The molecule has 0 bridgehead atoms. The van der Waals surface area contributed by atoms with Crippen molar-refractivity contribution in [2.24, 2.45) is 0 Å². The number of nitrogens with zero attached hydrogens (tertiary/aromatic N) is 2. The van der Waals surface area contributed by atoms with Gasteiger partial charge in [-0.25, -0.2) is 0 Å². The molecule has 22 heavy (non-hydrogen) atoms. The molecular weight excluding hydrogens is 291 g/mol. The van der Waals surface area contributed by atoms with E-state index in [1.54, 1.807) is 12.4 Å². The second-order valence-corrected chi connectivity index (χ2v) is 8.11. The van der Waals surface area contributed by atoms with Gasteiger partial charge in [0.15, 0.2) is 0 Å². The molecule has 0 amide bonds. The van der Waals surface area contributed by atoms with E-state index in [0.717, 1.165) is 16.7 Å². The van der Waals surface area contributed by atoms with Crippen LogP contribution in [0.4, 0.5) is 0 Å². The predicted molar refractivity (Wildman–Crippen MR) is 89.6 cm³/mol. The van der Waals surface area contributed by atoms with Crippen molar-refractivity contribution in [1.82, 2.24) is 9.97 Å². The van der Waals surface area contributed by atoms with Crippen molar-refractivity contribution in [2.45, 2.75) is 12.3 Å². The molecule has 110 valence electrons. The maximum atomic E-state index is 13.7. The summed E-state index contributed by atoms with van der Waals surface area (Å²) < 4.78 is 13.7. The van der Waals surface area contributed by atoms with Gasteiger partial charge in [0.2, 0.25) is 0 Å². The molecule has 3 rings (SSSR count). The molecule has 2 heterocycles. The van der Waals surface area contributed by atoms with E-state index in [9.17, 15) is 4.57 Å². The minimum absolute atomic E-state index is 0.453. The summed E-state index contributed by atoms with van der Waals surface area (Å²) in [5.74, 6) is 0. The highest BCUT2D eigenvalue weighted by Gasteiger charge is 2.26. The molecule has 0 atom stereocenters. The van der Waals surface area contributed by atoms with E-state index in [-0.39, 0.29) is 0 Å². The molecule has 3 nitrogen and oxygen atoms in total. The molecule has 0 saturated heterocycles. The largest absolute Gasteiger partial charge is 0.318 e. The minimum Gasteiger partial charge on any atom is -0.318 e. The molecule has 0 spiro atoms. The first-order chi connectivity index (χ1) is 10.8. The highest BCUT2D eigenvalue weighted by molar-refractivity contribution is 7.70. The fourth-order valence-corrected chi connectivity index (χ4v) is 5.06. The van der Waals surface area contributed by atoms with Crippen LogP contribution in [0.1, 0.15) is 11.4 Å². The SMILES string of the molecule is O=P(Cc1ccccn1)(Cc1ccccn1)c1ccccc1. The molecule has 0 radical (unpaired) electrons. The Balaban J connectivity index is 1.97. The van der Waals surface area contributed by atoms with Crippen LogP contribution in [-0.4, -0.2) is 9.97 Å². The van der Waals surface area contributed by atoms with Gasteiger partial charge in [0.25, 0.3) is 0 Å². The predicted octanol–water partition coefficient (Wildman–Crippen LogP) is 3.87. The van der Waals surface area contributed by atoms with Gasteiger partial charge in [-0.05, 0) is 24.3 Å². The van der Waals surface area contributed by atoms with Gasteiger partial charge in [0.1, 0.15) is 7.14 Å². The van der Waals surface area contributed by atoms with E-state index in [1.165, 1.54) is 0 Å². The standard InChI is InChI=1S/C18H17N2OP/c21-22(18-10-2-1-3-11-18,14-16-8-4-6-12-19-16)15-17-9-5-7-13-20-17/h1-13H,14-15H2. The fourth-order valence-electron chi connectivity index (χ4n) is 2.44. The molecule has 0 aliphatic heterocycles. The Bertz CT molecular complexity index is 715. The quantitative estimate of drug-likeness (QED) is 0.672. The van der Waals surface area contributed by atoms with Crippen molar-refractivity contribution in [3.05, 3.63) is 90.5 Å². The summed E-state index contributed by atoms with van der Waals surface area (Å²) in [6.07, 6.45) is 4.39. The summed E-state index contributed by atoms with van der Waals surface area (Å²) >= 11 is 0. The third-order valence-corrected chi connectivity index (χ3v) is 6.42. The lowest BCUT2D eigenvalue weighted by Crippen LogP contribution is -2.10. The molecule has 3 aromatic rings. The third-order valence-electron chi connectivity index (χ3n) is 3.51. The first-order valence-electron chi connectivity index (χ1n) is 7.20. The van der Waals surface area contributed by atoms with Crippen molar-refractivity contribution in [1.29, 1.82) is 0 Å². The Kier molecular flexibility index (Phi) is 4.45. The van der Waals surface area contributed by atoms with Crippen molar-refractivity contribution >= 4 is 12.4 Å². The van der Waals surface area contributed by atoms with E-state index >= 15 is 0 Å². The summed E-state index contributed by atoms with van der Waals surface area (Å²) in [6, 6.07) is 21.1. The van der Waals surface area contributed by atoms with Gasteiger partial charge >= 0.3 is 0 Å². The van der Waals surface area contributed by atoms with E-state index in [0.29, 0.717) is 12.3 Å². The molecule has 1 aromatic carbocycles. The van der Waals surface area contributed by atoms with Gasteiger partial charge in [0, 0.05) is 41.4 Å². The van der Waals surface area contributed by atoms with E-state index in [2.05, 4.69) is 9.97 Å². The maximum absolute atomic E-state index is 13.7. The average molecular weight is 308 g/mol. The van der Waals surface area contributed by atoms with Crippen LogP contribution in [0.15, 0.2) is 79.1 Å². The summed E-state index contributed by atoms with van der Waals surface area (Å²) in [5, 5.41) is 0.881. The van der Waals surface area contributed by atoms with Gasteiger partial charge < -0.3 is 4.57 Å². The van der Waals surface area contributed by atoms with Crippen LogP contribution in [0.5, 0.6) is 0 Å². The van der Waals surface area contributed by atoms with Gasteiger partial charge in [-0.2, -0.15) is 0 Å². The molecule has 0 aliphatic carbocycles. The number of rotatable bonds is 5. The summed E-state index contributed by atoms with van der Waals surface area (Å²) in [7, 11) is -2.64. The Labute approximate surface area is 130 Å². The van der Waals surface area contributed by atoms with Crippen LogP contribution in [0.3, 0.4) is 0 Å². The number of aromatic nitrogens is 2. The summed E-state index contributed by atoms with van der Waals surface area (Å²) in [5.41, 5.74) is 1.70. The molecule has 0 saturated carbocycles. The first-order valence-corrected chi connectivity index (χ1v) is 9.27. The van der Waals surface area contributed by atoms with Crippen LogP contribution in [0.2, 0.25) is 0 Å². The molecule has 0 fully saturated rings. The first kappa shape index (κ1) is 14.7. The molecule has 2 aromatic heterocycles. The monoisotopic (exact) mass is 308 g/mol. The van der Waals surface area contributed by atoms with Gasteiger partial charge in [-0.3, -0.25) is 9.97 Å². The average Bonchev–Trinajstić information content (AvgIpc) is 2.57. The summed E-state index contributed by atoms with van der Waals surface area (Å²) in [4.78, 5) is 8.68. The Morgan fingerprint density at radius 2 is 1.18 bits per heavy atom. The topological polar surface area (TPSA) is 42.9 Å². The smallest absolute Gasteiger partial charge is 0.127 e. The van der Waals surface area contributed by atoms with Crippen LogP contribution >= 0.6 is 7.14 Å². The van der Waals surface area contributed by atoms with E-state index < -0.39 is 7.14 Å².